The maximum Gasteiger partial charge on any atom is 0.270 e. The van der Waals surface area contributed by atoms with E-state index in [2.05, 4.69) is 5.32 Å². The fourth-order valence-electron chi connectivity index (χ4n) is 1.16. The molecule has 0 fully saturated rings. The Morgan fingerprint density at radius 2 is 2.06 bits per heavy atom. The summed E-state index contributed by atoms with van der Waals surface area (Å²) in [5, 5.41) is 13.1. The molecule has 1 N–H and O–H groups in total. The standard InChI is InChI=1S/C10H11Cl2N3O3/c11-5-14(6-12)7-13-10(16)8-2-1-3-9(4-8)15(17)18/h1-4H,5-7H2,(H,13,16). The minimum Gasteiger partial charge on any atom is -0.339 e. The maximum atomic E-state index is 11.7. The average Bonchev–Trinajstić information content (AvgIpc) is 2.39. The first-order valence-corrected chi connectivity index (χ1v) is 6.02. The third-order valence-electron chi connectivity index (χ3n) is 2.12. The Morgan fingerprint density at radius 1 is 1.39 bits per heavy atom. The van der Waals surface area contributed by atoms with Crippen molar-refractivity contribution in [1.82, 2.24) is 10.2 Å². The van der Waals surface area contributed by atoms with Gasteiger partial charge in [0.05, 0.1) is 23.6 Å². The summed E-state index contributed by atoms with van der Waals surface area (Å²) in [7, 11) is 0. The molecule has 1 aromatic carbocycles. The Labute approximate surface area is 114 Å². The normalized spacial score (nSPS) is 10.4. The number of hydrogen-bond acceptors (Lipinski definition) is 4. The molecule has 0 aliphatic heterocycles. The summed E-state index contributed by atoms with van der Waals surface area (Å²) < 4.78 is 0. The molecule has 98 valence electrons. The van der Waals surface area contributed by atoms with Crippen molar-refractivity contribution in [1.29, 1.82) is 0 Å². The van der Waals surface area contributed by atoms with Gasteiger partial charge in [0.25, 0.3) is 11.6 Å². The van der Waals surface area contributed by atoms with Gasteiger partial charge in [-0.05, 0) is 6.07 Å². The van der Waals surface area contributed by atoms with Gasteiger partial charge in [-0.2, -0.15) is 0 Å². The number of carbonyl (C=O) groups excluding carboxylic acids is 1. The Hall–Kier alpha value is -1.37. The third kappa shape index (κ3) is 4.14. The zero-order chi connectivity index (χ0) is 13.5. The van der Waals surface area contributed by atoms with Gasteiger partial charge >= 0.3 is 0 Å². The molecule has 0 aromatic heterocycles. The van der Waals surface area contributed by atoms with Crippen LogP contribution in [0.2, 0.25) is 0 Å². The van der Waals surface area contributed by atoms with Crippen molar-refractivity contribution in [3.05, 3.63) is 39.9 Å². The SMILES string of the molecule is O=C(NCN(CCl)CCl)c1cccc([N+](=O)[O-])c1. The monoisotopic (exact) mass is 291 g/mol. The van der Waals surface area contributed by atoms with Crippen LogP contribution in [-0.2, 0) is 0 Å². The van der Waals surface area contributed by atoms with Crippen LogP contribution in [0.25, 0.3) is 0 Å². The van der Waals surface area contributed by atoms with E-state index in [0.717, 1.165) is 0 Å². The number of alkyl halides is 2. The van der Waals surface area contributed by atoms with Gasteiger partial charge in [0.15, 0.2) is 0 Å². The van der Waals surface area contributed by atoms with Crippen molar-refractivity contribution in [2.24, 2.45) is 0 Å². The van der Waals surface area contributed by atoms with Crippen LogP contribution in [0.3, 0.4) is 0 Å². The van der Waals surface area contributed by atoms with Crippen LogP contribution in [0.15, 0.2) is 24.3 Å². The summed E-state index contributed by atoms with van der Waals surface area (Å²) in [6, 6.07) is 5.83. The van der Waals surface area contributed by atoms with Gasteiger partial charge < -0.3 is 5.32 Å². The zero-order valence-corrected chi connectivity index (χ0v) is 10.8. The molecule has 8 heteroatoms. The van der Waals surface area contributed by atoms with Gasteiger partial charge in [-0.3, -0.25) is 19.8 Å². The minimum absolute atomic E-state index is 0.130. The van der Waals surface area contributed by atoms with E-state index < -0.39 is 10.8 Å². The number of benzene rings is 1. The first-order valence-electron chi connectivity index (χ1n) is 4.95. The van der Waals surface area contributed by atoms with Crippen molar-refractivity contribution in [2.75, 3.05) is 18.7 Å². The van der Waals surface area contributed by atoms with E-state index in [1.165, 1.54) is 24.3 Å². The fraction of sp³-hybridized carbons (Fsp3) is 0.300. The summed E-state index contributed by atoms with van der Waals surface area (Å²) >= 11 is 11.1. The molecule has 0 saturated carbocycles. The second-order valence-electron chi connectivity index (χ2n) is 3.38. The molecule has 0 unspecified atom stereocenters. The molecule has 0 saturated heterocycles. The average molecular weight is 292 g/mol. The number of rotatable bonds is 6. The highest BCUT2D eigenvalue weighted by Gasteiger charge is 2.11. The first kappa shape index (κ1) is 14.7. The molecular formula is C10H11Cl2N3O3. The van der Waals surface area contributed by atoms with Gasteiger partial charge in [-0.25, -0.2) is 0 Å². The molecular weight excluding hydrogens is 281 g/mol. The summed E-state index contributed by atoms with van der Waals surface area (Å²) in [5.74, 6) is -0.418. The van der Waals surface area contributed by atoms with Crippen molar-refractivity contribution in [3.63, 3.8) is 0 Å². The molecule has 0 spiro atoms. The van der Waals surface area contributed by atoms with E-state index in [1.807, 2.05) is 0 Å². The molecule has 18 heavy (non-hydrogen) atoms. The Morgan fingerprint density at radius 3 is 2.61 bits per heavy atom. The summed E-state index contributed by atoms with van der Waals surface area (Å²) in [5.41, 5.74) is 0.0856. The van der Waals surface area contributed by atoms with E-state index in [9.17, 15) is 14.9 Å². The number of amides is 1. The lowest BCUT2D eigenvalue weighted by molar-refractivity contribution is -0.384. The Kier molecular flexibility index (Phi) is 5.84. The summed E-state index contributed by atoms with van der Waals surface area (Å²) in [6.45, 7) is 0.175. The molecule has 1 rings (SSSR count). The predicted molar refractivity (Wildman–Crippen MR) is 68.7 cm³/mol. The number of hydrogen-bond donors (Lipinski definition) is 1. The van der Waals surface area contributed by atoms with E-state index in [0.29, 0.717) is 0 Å². The van der Waals surface area contributed by atoms with Gasteiger partial charge in [0, 0.05) is 17.7 Å². The number of halogens is 2. The van der Waals surface area contributed by atoms with Crippen LogP contribution in [0.4, 0.5) is 5.69 Å². The molecule has 0 aliphatic carbocycles. The van der Waals surface area contributed by atoms with E-state index in [-0.39, 0.29) is 29.9 Å². The second kappa shape index (κ2) is 7.15. The number of nitrogens with zero attached hydrogens (tertiary/aromatic N) is 2. The quantitative estimate of drug-likeness (QED) is 0.286. The van der Waals surface area contributed by atoms with Crippen LogP contribution in [-0.4, -0.2) is 34.4 Å². The number of carbonyl (C=O) groups is 1. The van der Waals surface area contributed by atoms with Crippen LogP contribution in [0.5, 0.6) is 0 Å². The topological polar surface area (TPSA) is 75.5 Å². The van der Waals surface area contributed by atoms with Crippen molar-refractivity contribution < 1.29 is 9.72 Å². The number of nitrogens with one attached hydrogen (secondary N) is 1. The lowest BCUT2D eigenvalue weighted by Crippen LogP contribution is -2.36. The Bertz CT molecular complexity index is 438. The second-order valence-corrected chi connectivity index (χ2v) is 3.86. The van der Waals surface area contributed by atoms with Crippen molar-refractivity contribution >= 4 is 34.8 Å². The van der Waals surface area contributed by atoms with Crippen molar-refractivity contribution in [3.8, 4) is 0 Å². The highest BCUT2D eigenvalue weighted by molar-refractivity contribution is 6.20. The lowest BCUT2D eigenvalue weighted by Gasteiger charge is -2.16. The molecule has 1 amide bonds. The van der Waals surface area contributed by atoms with Crippen molar-refractivity contribution in [2.45, 2.75) is 0 Å². The largest absolute Gasteiger partial charge is 0.339 e. The number of non-ortho nitro benzene ring substituents is 1. The smallest absolute Gasteiger partial charge is 0.270 e. The fourth-order valence-corrected chi connectivity index (χ4v) is 1.59. The molecule has 0 heterocycles. The lowest BCUT2D eigenvalue weighted by atomic mass is 10.2. The molecule has 0 aliphatic rings. The van der Waals surface area contributed by atoms with Crippen LogP contribution < -0.4 is 5.32 Å². The number of nitro groups is 1. The highest BCUT2D eigenvalue weighted by atomic mass is 35.5. The van der Waals surface area contributed by atoms with E-state index >= 15 is 0 Å². The minimum atomic E-state index is -0.555. The van der Waals surface area contributed by atoms with Gasteiger partial charge in [0.2, 0.25) is 0 Å². The molecule has 0 atom stereocenters. The van der Waals surface area contributed by atoms with Gasteiger partial charge in [-0.15, -0.1) is 23.2 Å². The molecule has 0 radical (unpaired) electrons. The molecule has 0 bridgehead atoms. The van der Waals surface area contributed by atoms with E-state index in [1.54, 1.807) is 4.90 Å². The van der Waals surface area contributed by atoms with Crippen LogP contribution in [0.1, 0.15) is 10.4 Å². The summed E-state index contributed by atoms with van der Waals surface area (Å²) in [4.78, 5) is 23.3. The number of nitro benzene ring substituents is 1. The molecule has 6 nitrogen and oxygen atoms in total. The maximum absolute atomic E-state index is 11.7. The Balaban J connectivity index is 2.67. The predicted octanol–water partition coefficient (Wildman–Crippen LogP) is 1.98. The van der Waals surface area contributed by atoms with Crippen LogP contribution in [0, 0.1) is 10.1 Å². The molecule has 1 aromatic rings. The van der Waals surface area contributed by atoms with Gasteiger partial charge in [-0.1, -0.05) is 6.07 Å². The van der Waals surface area contributed by atoms with Crippen LogP contribution >= 0.6 is 23.2 Å². The zero-order valence-electron chi connectivity index (χ0n) is 9.31. The third-order valence-corrected chi connectivity index (χ3v) is 2.80. The first-order chi connectivity index (χ1) is 8.58. The summed E-state index contributed by atoms with van der Waals surface area (Å²) in [6.07, 6.45) is 0. The highest BCUT2D eigenvalue weighted by Crippen LogP contribution is 2.12. The van der Waals surface area contributed by atoms with E-state index in [4.69, 9.17) is 23.2 Å². The van der Waals surface area contributed by atoms with Gasteiger partial charge in [0.1, 0.15) is 0 Å².